The summed E-state index contributed by atoms with van der Waals surface area (Å²) in [6.07, 6.45) is 1.18. The first-order valence-electron chi connectivity index (χ1n) is 5.31. The van der Waals surface area contributed by atoms with Crippen molar-refractivity contribution < 1.29 is 9.59 Å². The molecular weight excluding hydrogens is 194 g/mol. The maximum Gasteiger partial charge on any atom is 0.239 e. The van der Waals surface area contributed by atoms with Crippen LogP contribution in [0.2, 0.25) is 0 Å². The van der Waals surface area contributed by atoms with E-state index in [0.717, 1.165) is 6.42 Å². The first-order chi connectivity index (χ1) is 6.99. The molecule has 0 saturated carbocycles. The zero-order chi connectivity index (χ0) is 11.4. The van der Waals surface area contributed by atoms with Gasteiger partial charge in [-0.3, -0.25) is 9.59 Å². The minimum atomic E-state index is -0.118. The van der Waals surface area contributed by atoms with Gasteiger partial charge in [0.1, 0.15) is 0 Å². The Hall–Kier alpha value is -1.10. The number of nitrogens with two attached hydrogens (primary N) is 1. The van der Waals surface area contributed by atoms with Crippen molar-refractivity contribution in [1.29, 1.82) is 0 Å². The van der Waals surface area contributed by atoms with Crippen LogP contribution in [0.1, 0.15) is 26.7 Å². The molecule has 1 rings (SSSR count). The molecule has 1 fully saturated rings. The molecule has 0 bridgehead atoms. The Morgan fingerprint density at radius 1 is 1.67 bits per heavy atom. The average Bonchev–Trinajstić information content (AvgIpc) is 2.10. The Morgan fingerprint density at radius 2 is 2.33 bits per heavy atom. The number of carbonyl (C=O) groups excluding carboxylic acids is 2. The van der Waals surface area contributed by atoms with E-state index < -0.39 is 0 Å². The van der Waals surface area contributed by atoms with Crippen molar-refractivity contribution in [2.24, 2.45) is 5.73 Å². The van der Waals surface area contributed by atoms with Crippen LogP contribution in [0.3, 0.4) is 0 Å². The van der Waals surface area contributed by atoms with Gasteiger partial charge in [0.05, 0.1) is 6.54 Å². The van der Waals surface area contributed by atoms with Crippen LogP contribution in [0.15, 0.2) is 0 Å². The van der Waals surface area contributed by atoms with Gasteiger partial charge in [-0.25, -0.2) is 0 Å². The fourth-order valence-electron chi connectivity index (χ4n) is 1.64. The number of likely N-dealkylation sites (tertiary alicyclic amines) is 1. The lowest BCUT2D eigenvalue weighted by atomic mass is 10.1. The predicted molar refractivity (Wildman–Crippen MR) is 57.1 cm³/mol. The van der Waals surface area contributed by atoms with Crippen molar-refractivity contribution >= 4 is 11.8 Å². The number of nitrogens with one attached hydrogen (secondary N) is 1. The van der Waals surface area contributed by atoms with E-state index in [1.54, 1.807) is 0 Å². The maximum atomic E-state index is 11.5. The zero-order valence-corrected chi connectivity index (χ0v) is 9.32. The molecule has 0 aliphatic carbocycles. The van der Waals surface area contributed by atoms with Gasteiger partial charge in [0, 0.05) is 25.0 Å². The first kappa shape index (κ1) is 12.0. The summed E-state index contributed by atoms with van der Waals surface area (Å²) < 4.78 is 0. The molecule has 15 heavy (non-hydrogen) atoms. The highest BCUT2D eigenvalue weighted by molar-refractivity contribution is 5.85. The van der Waals surface area contributed by atoms with Gasteiger partial charge in [-0.05, 0) is 20.3 Å². The largest absolute Gasteiger partial charge is 0.352 e. The van der Waals surface area contributed by atoms with E-state index in [1.807, 2.05) is 13.8 Å². The SMILES string of the molecule is CC(C)NC(=O)CN1C[C@@H](N)CCC1=O. The maximum absolute atomic E-state index is 11.5. The van der Waals surface area contributed by atoms with Gasteiger partial charge in [0.15, 0.2) is 0 Å². The van der Waals surface area contributed by atoms with Crippen molar-refractivity contribution in [3.63, 3.8) is 0 Å². The minimum absolute atomic E-state index is 0.00884. The molecule has 1 aliphatic heterocycles. The van der Waals surface area contributed by atoms with E-state index in [-0.39, 0.29) is 30.4 Å². The van der Waals surface area contributed by atoms with Gasteiger partial charge >= 0.3 is 0 Å². The van der Waals surface area contributed by atoms with Gasteiger partial charge in [-0.1, -0.05) is 0 Å². The monoisotopic (exact) mass is 213 g/mol. The Labute approximate surface area is 90.0 Å². The van der Waals surface area contributed by atoms with Crippen LogP contribution in [-0.4, -0.2) is 41.9 Å². The summed E-state index contributed by atoms with van der Waals surface area (Å²) in [6.45, 7) is 4.40. The quantitative estimate of drug-likeness (QED) is 0.661. The minimum Gasteiger partial charge on any atom is -0.352 e. The molecule has 86 valence electrons. The lowest BCUT2D eigenvalue weighted by Gasteiger charge is -2.30. The summed E-state index contributed by atoms with van der Waals surface area (Å²) in [7, 11) is 0. The molecule has 0 aromatic rings. The second-order valence-electron chi connectivity index (χ2n) is 4.30. The molecule has 0 spiro atoms. The summed E-state index contributed by atoms with van der Waals surface area (Å²) in [4.78, 5) is 24.4. The molecule has 0 radical (unpaired) electrons. The van der Waals surface area contributed by atoms with Crippen LogP contribution in [-0.2, 0) is 9.59 Å². The van der Waals surface area contributed by atoms with Crippen LogP contribution >= 0.6 is 0 Å². The van der Waals surface area contributed by atoms with Gasteiger partial charge in [0.25, 0.3) is 0 Å². The Morgan fingerprint density at radius 3 is 2.93 bits per heavy atom. The molecule has 1 atom stereocenters. The van der Waals surface area contributed by atoms with E-state index in [9.17, 15) is 9.59 Å². The fraction of sp³-hybridized carbons (Fsp3) is 0.800. The van der Waals surface area contributed by atoms with Gasteiger partial charge in [-0.2, -0.15) is 0 Å². The Bertz CT molecular complexity index is 253. The van der Waals surface area contributed by atoms with E-state index in [0.29, 0.717) is 13.0 Å². The van der Waals surface area contributed by atoms with E-state index in [1.165, 1.54) is 4.90 Å². The van der Waals surface area contributed by atoms with Crippen molar-refractivity contribution in [1.82, 2.24) is 10.2 Å². The average molecular weight is 213 g/mol. The molecule has 1 aliphatic rings. The predicted octanol–water partition coefficient (Wildman–Crippen LogP) is -0.539. The highest BCUT2D eigenvalue weighted by atomic mass is 16.2. The summed E-state index contributed by atoms with van der Waals surface area (Å²) >= 11 is 0. The zero-order valence-electron chi connectivity index (χ0n) is 9.32. The molecular formula is C10H19N3O2. The number of hydrogen-bond donors (Lipinski definition) is 2. The van der Waals surface area contributed by atoms with E-state index >= 15 is 0 Å². The lowest BCUT2D eigenvalue weighted by molar-refractivity contribution is -0.138. The van der Waals surface area contributed by atoms with Crippen LogP contribution < -0.4 is 11.1 Å². The third kappa shape index (κ3) is 3.87. The second kappa shape index (κ2) is 5.11. The number of nitrogens with zero attached hydrogens (tertiary/aromatic N) is 1. The van der Waals surface area contributed by atoms with Crippen LogP contribution in [0, 0.1) is 0 Å². The van der Waals surface area contributed by atoms with Crippen LogP contribution in [0.5, 0.6) is 0 Å². The summed E-state index contributed by atoms with van der Waals surface area (Å²) in [5.41, 5.74) is 5.74. The standard InChI is InChI=1S/C10H19N3O2/c1-7(2)12-9(14)6-13-5-8(11)3-4-10(13)15/h7-8H,3-6,11H2,1-2H3,(H,12,14)/t8-/m0/s1. The summed E-state index contributed by atoms with van der Waals surface area (Å²) in [5, 5.41) is 2.75. The Balaban J connectivity index is 2.42. The molecule has 5 nitrogen and oxygen atoms in total. The topological polar surface area (TPSA) is 75.4 Å². The first-order valence-corrected chi connectivity index (χ1v) is 5.31. The lowest BCUT2D eigenvalue weighted by Crippen LogP contribution is -2.50. The summed E-state index contributed by atoms with van der Waals surface area (Å²) in [6, 6.07) is 0.112. The second-order valence-corrected chi connectivity index (χ2v) is 4.30. The third-order valence-electron chi connectivity index (χ3n) is 2.32. The van der Waals surface area contributed by atoms with Crippen molar-refractivity contribution in [3.8, 4) is 0 Å². The Kier molecular flexibility index (Phi) is 4.08. The molecule has 1 saturated heterocycles. The number of rotatable bonds is 3. The summed E-state index contributed by atoms with van der Waals surface area (Å²) in [5.74, 6) is -0.0944. The number of amides is 2. The van der Waals surface area contributed by atoms with E-state index in [4.69, 9.17) is 5.73 Å². The molecule has 2 amide bonds. The van der Waals surface area contributed by atoms with Crippen molar-refractivity contribution in [3.05, 3.63) is 0 Å². The van der Waals surface area contributed by atoms with Crippen molar-refractivity contribution in [2.45, 2.75) is 38.8 Å². The highest BCUT2D eigenvalue weighted by Gasteiger charge is 2.24. The van der Waals surface area contributed by atoms with Crippen LogP contribution in [0.4, 0.5) is 0 Å². The highest BCUT2D eigenvalue weighted by Crippen LogP contribution is 2.09. The third-order valence-corrected chi connectivity index (χ3v) is 2.32. The molecule has 1 heterocycles. The number of hydrogen-bond acceptors (Lipinski definition) is 3. The van der Waals surface area contributed by atoms with Gasteiger partial charge in [-0.15, -0.1) is 0 Å². The van der Waals surface area contributed by atoms with E-state index in [2.05, 4.69) is 5.32 Å². The smallest absolute Gasteiger partial charge is 0.239 e. The van der Waals surface area contributed by atoms with Crippen molar-refractivity contribution in [2.75, 3.05) is 13.1 Å². The molecule has 0 unspecified atom stereocenters. The number of piperidine rings is 1. The normalized spacial score (nSPS) is 22.0. The molecule has 0 aromatic carbocycles. The number of carbonyl (C=O) groups is 2. The van der Waals surface area contributed by atoms with Crippen LogP contribution in [0.25, 0.3) is 0 Å². The fourth-order valence-corrected chi connectivity index (χ4v) is 1.64. The van der Waals surface area contributed by atoms with Gasteiger partial charge in [0.2, 0.25) is 11.8 Å². The molecule has 0 aromatic heterocycles. The molecule has 5 heteroatoms. The molecule has 3 N–H and O–H groups in total. The van der Waals surface area contributed by atoms with Gasteiger partial charge < -0.3 is 16.0 Å².